The molecule has 1 aliphatic rings. The lowest BCUT2D eigenvalue weighted by molar-refractivity contribution is -0.117. The SMILES string of the molecule is Cc1ccc(COc2ccccc2[C@@H]2CC(=O)Nc3ncnn32)cc1. The standard InChI is InChI=1S/C19H18N4O2/c1-13-6-8-14(9-7-13)11-25-17-5-3-2-4-15(17)16-10-18(24)22-19-20-12-21-23(16)19/h2-9,12,16H,10-11H2,1H3,(H,20,21,22,24)/t16-/m0/s1. The van der Waals surface area contributed by atoms with E-state index in [9.17, 15) is 4.79 Å². The number of fused-ring (bicyclic) bond motifs is 1. The maximum absolute atomic E-state index is 12.0. The van der Waals surface area contributed by atoms with Crippen LogP contribution >= 0.6 is 0 Å². The highest BCUT2D eigenvalue weighted by Crippen LogP contribution is 2.34. The molecule has 6 heteroatoms. The minimum Gasteiger partial charge on any atom is -0.489 e. The molecule has 0 unspecified atom stereocenters. The number of para-hydroxylation sites is 1. The minimum absolute atomic E-state index is 0.0705. The first-order valence-electron chi connectivity index (χ1n) is 8.17. The van der Waals surface area contributed by atoms with E-state index in [1.807, 2.05) is 24.3 Å². The van der Waals surface area contributed by atoms with Crippen molar-refractivity contribution in [3.63, 3.8) is 0 Å². The number of amides is 1. The molecule has 0 fully saturated rings. The molecule has 0 saturated carbocycles. The number of nitrogens with zero attached hydrogens (tertiary/aromatic N) is 3. The third-order valence-corrected chi connectivity index (χ3v) is 4.29. The quantitative estimate of drug-likeness (QED) is 0.796. The van der Waals surface area contributed by atoms with Crippen molar-refractivity contribution in [3.05, 3.63) is 71.5 Å². The summed E-state index contributed by atoms with van der Waals surface area (Å²) in [6, 6.07) is 15.8. The molecule has 2 aromatic carbocycles. The summed E-state index contributed by atoms with van der Waals surface area (Å²) in [6.07, 6.45) is 1.75. The van der Waals surface area contributed by atoms with Crippen LogP contribution in [0.5, 0.6) is 5.75 Å². The van der Waals surface area contributed by atoms with Crippen LogP contribution < -0.4 is 10.1 Å². The van der Waals surface area contributed by atoms with Crippen molar-refractivity contribution >= 4 is 11.9 Å². The van der Waals surface area contributed by atoms with E-state index in [-0.39, 0.29) is 11.9 Å². The maximum Gasteiger partial charge on any atom is 0.229 e. The molecule has 1 N–H and O–H groups in total. The first-order chi connectivity index (χ1) is 12.2. The second kappa shape index (κ2) is 6.39. The van der Waals surface area contributed by atoms with Crippen LogP contribution in [-0.4, -0.2) is 20.7 Å². The number of ether oxygens (including phenoxy) is 1. The fraction of sp³-hybridized carbons (Fsp3) is 0.211. The molecule has 0 saturated heterocycles. The van der Waals surface area contributed by atoms with Gasteiger partial charge in [-0.25, -0.2) is 4.68 Å². The lowest BCUT2D eigenvalue weighted by Gasteiger charge is -2.25. The number of benzene rings is 2. The lowest BCUT2D eigenvalue weighted by Crippen LogP contribution is -2.29. The molecule has 25 heavy (non-hydrogen) atoms. The number of aromatic nitrogens is 3. The van der Waals surface area contributed by atoms with Crippen LogP contribution in [0.3, 0.4) is 0 Å². The molecule has 1 amide bonds. The number of anilines is 1. The van der Waals surface area contributed by atoms with Gasteiger partial charge in [-0.15, -0.1) is 0 Å². The molecular formula is C19H18N4O2. The van der Waals surface area contributed by atoms with Crippen molar-refractivity contribution in [1.82, 2.24) is 14.8 Å². The minimum atomic E-state index is -0.222. The molecule has 3 aromatic rings. The predicted octanol–water partition coefficient (Wildman–Crippen LogP) is 3.10. The zero-order valence-corrected chi connectivity index (χ0v) is 13.8. The maximum atomic E-state index is 12.0. The van der Waals surface area contributed by atoms with Gasteiger partial charge in [0.25, 0.3) is 0 Å². The Morgan fingerprint density at radius 3 is 2.84 bits per heavy atom. The molecule has 0 bridgehead atoms. The molecule has 6 nitrogen and oxygen atoms in total. The van der Waals surface area contributed by atoms with Crippen molar-refractivity contribution in [3.8, 4) is 5.75 Å². The van der Waals surface area contributed by atoms with Crippen LogP contribution in [0.25, 0.3) is 0 Å². The molecule has 126 valence electrons. The van der Waals surface area contributed by atoms with Gasteiger partial charge in [0.2, 0.25) is 11.9 Å². The summed E-state index contributed by atoms with van der Waals surface area (Å²) in [6.45, 7) is 2.53. The zero-order valence-electron chi connectivity index (χ0n) is 13.8. The fourth-order valence-electron chi connectivity index (χ4n) is 2.98. The van der Waals surface area contributed by atoms with Gasteiger partial charge in [-0.05, 0) is 18.6 Å². The molecule has 1 atom stereocenters. The van der Waals surface area contributed by atoms with Crippen molar-refractivity contribution in [2.75, 3.05) is 5.32 Å². The summed E-state index contributed by atoms with van der Waals surface area (Å²) in [5.74, 6) is 1.15. The van der Waals surface area contributed by atoms with Gasteiger partial charge in [-0.1, -0.05) is 48.0 Å². The summed E-state index contributed by atoms with van der Waals surface area (Å²) in [5, 5.41) is 6.99. The van der Waals surface area contributed by atoms with Gasteiger partial charge in [0.15, 0.2) is 0 Å². The highest BCUT2D eigenvalue weighted by Gasteiger charge is 2.29. The average Bonchev–Trinajstić information content (AvgIpc) is 3.09. The van der Waals surface area contributed by atoms with Gasteiger partial charge in [0.1, 0.15) is 18.7 Å². The van der Waals surface area contributed by atoms with E-state index in [0.717, 1.165) is 16.9 Å². The largest absolute Gasteiger partial charge is 0.489 e. The number of hydrogen-bond donors (Lipinski definition) is 1. The molecule has 0 aliphatic carbocycles. The van der Waals surface area contributed by atoms with Crippen LogP contribution in [0.2, 0.25) is 0 Å². The average molecular weight is 334 g/mol. The smallest absolute Gasteiger partial charge is 0.229 e. The second-order valence-electron chi connectivity index (χ2n) is 6.11. The summed E-state index contributed by atoms with van der Waals surface area (Å²) in [7, 11) is 0. The fourth-order valence-corrected chi connectivity index (χ4v) is 2.98. The third kappa shape index (κ3) is 3.10. The van der Waals surface area contributed by atoms with Crippen LogP contribution in [0.4, 0.5) is 5.95 Å². The van der Waals surface area contributed by atoms with Gasteiger partial charge in [-0.3, -0.25) is 10.1 Å². The van der Waals surface area contributed by atoms with Gasteiger partial charge in [0, 0.05) is 5.56 Å². The molecule has 2 heterocycles. The molecule has 1 aliphatic heterocycles. The van der Waals surface area contributed by atoms with E-state index in [1.54, 1.807) is 4.68 Å². The van der Waals surface area contributed by atoms with Crippen LogP contribution in [0.15, 0.2) is 54.9 Å². The number of aryl methyl sites for hydroxylation is 1. The number of carbonyl (C=O) groups excluding carboxylic acids is 1. The molecular weight excluding hydrogens is 316 g/mol. The van der Waals surface area contributed by atoms with Gasteiger partial charge in [0.05, 0.1) is 12.5 Å². The molecule has 4 rings (SSSR count). The number of nitrogens with one attached hydrogen (secondary N) is 1. The summed E-state index contributed by atoms with van der Waals surface area (Å²) in [4.78, 5) is 16.1. The summed E-state index contributed by atoms with van der Waals surface area (Å²) >= 11 is 0. The van der Waals surface area contributed by atoms with Crippen molar-refractivity contribution < 1.29 is 9.53 Å². The first kappa shape index (κ1) is 15.4. The van der Waals surface area contributed by atoms with Crippen LogP contribution in [0.1, 0.15) is 29.2 Å². The Morgan fingerprint density at radius 1 is 1.20 bits per heavy atom. The Morgan fingerprint density at radius 2 is 2.00 bits per heavy atom. The lowest BCUT2D eigenvalue weighted by atomic mass is 10.0. The highest BCUT2D eigenvalue weighted by atomic mass is 16.5. The van der Waals surface area contributed by atoms with E-state index >= 15 is 0 Å². The molecule has 0 spiro atoms. The van der Waals surface area contributed by atoms with Crippen LogP contribution in [0, 0.1) is 6.92 Å². The highest BCUT2D eigenvalue weighted by molar-refractivity contribution is 5.91. The van der Waals surface area contributed by atoms with E-state index in [0.29, 0.717) is 19.0 Å². The van der Waals surface area contributed by atoms with E-state index < -0.39 is 0 Å². The Hall–Kier alpha value is -3.15. The van der Waals surface area contributed by atoms with Crippen molar-refractivity contribution in [1.29, 1.82) is 0 Å². The van der Waals surface area contributed by atoms with E-state index in [1.165, 1.54) is 11.9 Å². The van der Waals surface area contributed by atoms with Crippen molar-refractivity contribution in [2.45, 2.75) is 26.0 Å². The van der Waals surface area contributed by atoms with Gasteiger partial charge < -0.3 is 4.74 Å². The van der Waals surface area contributed by atoms with E-state index in [4.69, 9.17) is 4.74 Å². The Bertz CT molecular complexity index is 902. The third-order valence-electron chi connectivity index (χ3n) is 4.29. The molecule has 1 aromatic heterocycles. The summed E-state index contributed by atoms with van der Waals surface area (Å²) < 4.78 is 7.78. The Balaban J connectivity index is 1.61. The number of carbonyl (C=O) groups is 1. The monoisotopic (exact) mass is 334 g/mol. The second-order valence-corrected chi connectivity index (χ2v) is 6.11. The topological polar surface area (TPSA) is 69.0 Å². The summed E-state index contributed by atoms with van der Waals surface area (Å²) in [5.41, 5.74) is 3.25. The normalized spacial score (nSPS) is 16.2. The molecule has 0 radical (unpaired) electrons. The Kier molecular flexibility index (Phi) is 3.93. The zero-order chi connectivity index (χ0) is 17.2. The van der Waals surface area contributed by atoms with E-state index in [2.05, 4.69) is 46.6 Å². The van der Waals surface area contributed by atoms with Gasteiger partial charge in [-0.2, -0.15) is 10.1 Å². The Labute approximate surface area is 145 Å². The number of hydrogen-bond acceptors (Lipinski definition) is 4. The predicted molar refractivity (Wildman–Crippen MR) is 93.4 cm³/mol. The van der Waals surface area contributed by atoms with Crippen molar-refractivity contribution in [2.24, 2.45) is 0 Å². The number of rotatable bonds is 4. The van der Waals surface area contributed by atoms with Crippen LogP contribution in [-0.2, 0) is 11.4 Å². The van der Waals surface area contributed by atoms with Gasteiger partial charge >= 0.3 is 0 Å². The first-order valence-corrected chi connectivity index (χ1v) is 8.17.